The van der Waals surface area contributed by atoms with Crippen LogP contribution >= 0.6 is 0 Å². The summed E-state index contributed by atoms with van der Waals surface area (Å²) in [6.45, 7) is 0. The SMILES string of the molecule is c1ccc(-c2ccc(N(c3ccc4c(c3)oc3ccccc34)c3cccc(-c4ccc5oc6ccccc6c5c4)c3-c3cc4ccccc4c4ccccc34)cc2)cc1. The first-order chi connectivity index (χ1) is 29.2. The van der Waals surface area contributed by atoms with E-state index >= 15 is 0 Å². The number of rotatable bonds is 6. The highest BCUT2D eigenvalue weighted by Crippen LogP contribution is 2.49. The van der Waals surface area contributed by atoms with Crippen LogP contribution in [0.1, 0.15) is 0 Å². The van der Waals surface area contributed by atoms with Gasteiger partial charge in [-0.25, -0.2) is 0 Å². The first-order valence-corrected chi connectivity index (χ1v) is 20.1. The quantitative estimate of drug-likeness (QED) is 0.158. The minimum atomic E-state index is 0.848. The summed E-state index contributed by atoms with van der Waals surface area (Å²) in [6.07, 6.45) is 0. The van der Waals surface area contributed by atoms with Gasteiger partial charge in [-0.2, -0.15) is 0 Å². The van der Waals surface area contributed by atoms with Crippen molar-refractivity contribution in [3.63, 3.8) is 0 Å². The van der Waals surface area contributed by atoms with Crippen LogP contribution in [0, 0.1) is 0 Å². The second-order valence-corrected chi connectivity index (χ2v) is 15.2. The summed E-state index contributed by atoms with van der Waals surface area (Å²) in [6, 6.07) is 76.0. The standard InChI is InChI=1S/C56H35NO2/c1-2-13-36(14-3-1)37-25-28-40(29-26-37)57(41-30-31-48-46-19-8-10-23-52(46)59-55(48)35-41)51-22-12-21-43(39-27-32-54-49(33-39)47-20-9-11-24-53(47)58-54)56(51)50-34-38-15-4-5-16-42(38)44-17-6-7-18-45(44)50/h1-35H. The van der Waals surface area contributed by atoms with Crippen LogP contribution in [0.4, 0.5) is 17.1 Å². The van der Waals surface area contributed by atoms with Gasteiger partial charge in [0.05, 0.1) is 5.69 Å². The van der Waals surface area contributed by atoms with E-state index in [0.717, 1.165) is 88.8 Å². The van der Waals surface area contributed by atoms with Gasteiger partial charge in [0.2, 0.25) is 0 Å². The van der Waals surface area contributed by atoms with E-state index in [-0.39, 0.29) is 0 Å². The highest BCUT2D eigenvalue weighted by atomic mass is 16.3. The average Bonchev–Trinajstić information content (AvgIpc) is 3.87. The molecule has 12 rings (SSSR count). The normalized spacial score (nSPS) is 11.7. The molecule has 0 bridgehead atoms. The number of hydrogen-bond donors (Lipinski definition) is 0. The van der Waals surface area contributed by atoms with Crippen molar-refractivity contribution in [2.24, 2.45) is 0 Å². The van der Waals surface area contributed by atoms with Crippen LogP contribution in [0.25, 0.3) is 98.8 Å². The van der Waals surface area contributed by atoms with Crippen molar-refractivity contribution in [3.05, 3.63) is 212 Å². The molecule has 59 heavy (non-hydrogen) atoms. The van der Waals surface area contributed by atoms with Gasteiger partial charge < -0.3 is 13.7 Å². The Morgan fingerprint density at radius 1 is 0.288 bits per heavy atom. The molecule has 0 atom stereocenters. The molecule has 0 amide bonds. The number of fused-ring (bicyclic) bond motifs is 9. The Morgan fingerprint density at radius 2 is 0.864 bits per heavy atom. The van der Waals surface area contributed by atoms with Gasteiger partial charge in [-0.15, -0.1) is 0 Å². The summed E-state index contributed by atoms with van der Waals surface area (Å²) < 4.78 is 12.9. The first-order valence-electron chi connectivity index (χ1n) is 20.1. The third-order valence-corrected chi connectivity index (χ3v) is 11.9. The van der Waals surface area contributed by atoms with Crippen LogP contribution < -0.4 is 4.90 Å². The topological polar surface area (TPSA) is 29.5 Å². The van der Waals surface area contributed by atoms with Crippen LogP contribution in [0.5, 0.6) is 0 Å². The largest absolute Gasteiger partial charge is 0.456 e. The monoisotopic (exact) mass is 753 g/mol. The molecule has 0 aliphatic rings. The Labute approximate surface area is 340 Å². The third kappa shape index (κ3) is 5.44. The van der Waals surface area contributed by atoms with Crippen LogP contribution in [0.15, 0.2) is 221 Å². The first kappa shape index (κ1) is 33.3. The van der Waals surface area contributed by atoms with E-state index in [1.54, 1.807) is 0 Å². The van der Waals surface area contributed by atoms with E-state index in [1.807, 2.05) is 24.3 Å². The minimum Gasteiger partial charge on any atom is -0.456 e. The zero-order chi connectivity index (χ0) is 38.9. The number of nitrogens with zero attached hydrogens (tertiary/aromatic N) is 1. The van der Waals surface area contributed by atoms with E-state index < -0.39 is 0 Å². The van der Waals surface area contributed by atoms with Crippen LogP contribution in [-0.2, 0) is 0 Å². The average molecular weight is 754 g/mol. The lowest BCUT2D eigenvalue weighted by Crippen LogP contribution is -2.12. The predicted molar refractivity (Wildman–Crippen MR) is 247 cm³/mol. The minimum absolute atomic E-state index is 0.848. The number of furan rings is 2. The number of hydrogen-bond acceptors (Lipinski definition) is 3. The second-order valence-electron chi connectivity index (χ2n) is 15.2. The van der Waals surface area contributed by atoms with E-state index in [1.165, 1.54) is 27.1 Å². The Bertz CT molecular complexity index is 3560. The summed E-state index contributed by atoms with van der Waals surface area (Å²) in [5.41, 5.74) is 13.5. The van der Waals surface area contributed by atoms with Gasteiger partial charge in [-0.05, 0) is 110 Å². The molecule has 0 radical (unpaired) electrons. The molecule has 276 valence electrons. The van der Waals surface area contributed by atoms with Gasteiger partial charge in [0.1, 0.15) is 22.3 Å². The molecule has 10 aromatic carbocycles. The van der Waals surface area contributed by atoms with Crippen LogP contribution in [0.3, 0.4) is 0 Å². The fourth-order valence-corrected chi connectivity index (χ4v) is 9.12. The van der Waals surface area contributed by atoms with Crippen molar-refractivity contribution in [2.75, 3.05) is 4.90 Å². The lowest BCUT2D eigenvalue weighted by Gasteiger charge is -2.30. The summed E-state index contributed by atoms with van der Waals surface area (Å²) in [4.78, 5) is 2.40. The molecule has 0 saturated carbocycles. The van der Waals surface area contributed by atoms with Crippen LogP contribution in [-0.4, -0.2) is 0 Å². The summed E-state index contributed by atoms with van der Waals surface area (Å²) in [7, 11) is 0. The fraction of sp³-hybridized carbons (Fsp3) is 0. The highest BCUT2D eigenvalue weighted by Gasteiger charge is 2.24. The zero-order valence-electron chi connectivity index (χ0n) is 32.0. The van der Waals surface area contributed by atoms with E-state index in [2.05, 4.69) is 193 Å². The molecule has 0 unspecified atom stereocenters. The van der Waals surface area contributed by atoms with Gasteiger partial charge in [-0.3, -0.25) is 0 Å². The van der Waals surface area contributed by atoms with Crippen LogP contribution in [0.2, 0.25) is 0 Å². The predicted octanol–water partition coefficient (Wildman–Crippen LogP) is 16.3. The van der Waals surface area contributed by atoms with Gasteiger partial charge in [0.15, 0.2) is 0 Å². The molecule has 12 aromatic rings. The highest BCUT2D eigenvalue weighted by molar-refractivity contribution is 6.17. The second kappa shape index (κ2) is 13.4. The van der Waals surface area contributed by atoms with Crippen molar-refractivity contribution >= 4 is 82.5 Å². The summed E-state index contributed by atoms with van der Waals surface area (Å²) in [5, 5.41) is 9.27. The van der Waals surface area contributed by atoms with Crippen molar-refractivity contribution in [2.45, 2.75) is 0 Å². The van der Waals surface area contributed by atoms with Crippen molar-refractivity contribution in [1.82, 2.24) is 0 Å². The number of benzene rings is 10. The fourth-order valence-electron chi connectivity index (χ4n) is 9.12. The summed E-state index contributed by atoms with van der Waals surface area (Å²) in [5.74, 6) is 0. The maximum atomic E-state index is 6.54. The molecule has 0 N–H and O–H groups in total. The number of para-hydroxylation sites is 2. The maximum absolute atomic E-state index is 6.54. The molecule has 0 fully saturated rings. The lowest BCUT2D eigenvalue weighted by molar-refractivity contribution is 0.668. The molecule has 0 saturated heterocycles. The molecule has 3 nitrogen and oxygen atoms in total. The van der Waals surface area contributed by atoms with Gasteiger partial charge in [0, 0.05) is 44.5 Å². The Hall–Kier alpha value is -7.88. The van der Waals surface area contributed by atoms with Gasteiger partial charge in [0.25, 0.3) is 0 Å². The van der Waals surface area contributed by atoms with Crippen molar-refractivity contribution in [1.29, 1.82) is 0 Å². The Morgan fingerprint density at radius 3 is 1.66 bits per heavy atom. The Balaban J connectivity index is 1.17. The molecule has 2 aromatic heterocycles. The molecular weight excluding hydrogens is 719 g/mol. The van der Waals surface area contributed by atoms with E-state index in [0.29, 0.717) is 0 Å². The molecule has 2 heterocycles. The molecular formula is C56H35NO2. The third-order valence-electron chi connectivity index (χ3n) is 11.9. The van der Waals surface area contributed by atoms with Gasteiger partial charge in [-0.1, -0.05) is 146 Å². The van der Waals surface area contributed by atoms with Crippen molar-refractivity contribution in [3.8, 4) is 33.4 Å². The Kier molecular flexibility index (Phi) is 7.54. The number of anilines is 3. The van der Waals surface area contributed by atoms with Gasteiger partial charge >= 0.3 is 0 Å². The molecule has 3 heteroatoms. The lowest BCUT2D eigenvalue weighted by atomic mass is 9.87. The molecule has 0 aliphatic heterocycles. The zero-order valence-corrected chi connectivity index (χ0v) is 32.0. The van der Waals surface area contributed by atoms with Crippen molar-refractivity contribution < 1.29 is 8.83 Å². The van der Waals surface area contributed by atoms with E-state index in [4.69, 9.17) is 8.83 Å². The molecule has 0 spiro atoms. The van der Waals surface area contributed by atoms with E-state index in [9.17, 15) is 0 Å². The maximum Gasteiger partial charge on any atom is 0.137 e. The summed E-state index contributed by atoms with van der Waals surface area (Å²) >= 11 is 0. The smallest absolute Gasteiger partial charge is 0.137 e. The molecule has 0 aliphatic carbocycles.